The highest BCUT2D eigenvalue weighted by Crippen LogP contribution is 2.43. The summed E-state index contributed by atoms with van der Waals surface area (Å²) < 4.78 is 16.3. The van der Waals surface area contributed by atoms with Crippen molar-refractivity contribution in [2.75, 3.05) is 6.61 Å². The Kier molecular flexibility index (Phi) is 3.84. The number of aromatic amines is 1. The molecule has 26 heavy (non-hydrogen) atoms. The van der Waals surface area contributed by atoms with Gasteiger partial charge in [-0.25, -0.2) is 9.59 Å². The lowest BCUT2D eigenvalue weighted by molar-refractivity contribution is -0.151. The molecule has 1 aromatic carbocycles. The van der Waals surface area contributed by atoms with Crippen LogP contribution in [0.5, 0.6) is 5.75 Å². The Morgan fingerprint density at radius 2 is 2.00 bits per heavy atom. The Bertz CT molecular complexity index is 1110. The molecule has 2 aromatic heterocycles. The average Bonchev–Trinajstić information content (AvgIpc) is 3.04. The van der Waals surface area contributed by atoms with Crippen molar-refractivity contribution in [3.05, 3.63) is 74.5 Å². The number of ether oxygens (including phenoxy) is 2. The van der Waals surface area contributed by atoms with E-state index in [0.29, 0.717) is 11.0 Å². The molecule has 1 aliphatic heterocycles. The zero-order valence-electron chi connectivity index (χ0n) is 13.9. The number of aromatic nitrogens is 1. The van der Waals surface area contributed by atoms with Gasteiger partial charge >= 0.3 is 11.6 Å². The number of para-hydroxylation sites is 1. The lowest BCUT2D eigenvalue weighted by atomic mass is 9.89. The Labute approximate surface area is 147 Å². The topological polar surface area (TPSA) is 98.6 Å². The minimum Gasteiger partial charge on any atom is -0.476 e. The van der Waals surface area contributed by atoms with Gasteiger partial charge in [-0.1, -0.05) is 18.2 Å². The minimum atomic E-state index is -1.14. The van der Waals surface area contributed by atoms with E-state index in [1.54, 1.807) is 43.3 Å². The van der Waals surface area contributed by atoms with Crippen LogP contribution in [0, 0.1) is 0 Å². The van der Waals surface area contributed by atoms with Crippen molar-refractivity contribution < 1.29 is 18.7 Å². The number of fused-ring (bicyclic) bond motifs is 3. The van der Waals surface area contributed by atoms with E-state index < -0.39 is 29.2 Å². The molecular formula is C19H15NO6. The molecule has 0 amide bonds. The molecule has 1 N–H and O–H groups in total. The van der Waals surface area contributed by atoms with Crippen LogP contribution in [0.4, 0.5) is 0 Å². The van der Waals surface area contributed by atoms with Gasteiger partial charge in [0.1, 0.15) is 11.3 Å². The van der Waals surface area contributed by atoms with Gasteiger partial charge in [0, 0.05) is 11.8 Å². The van der Waals surface area contributed by atoms with Crippen molar-refractivity contribution in [2.45, 2.75) is 18.9 Å². The van der Waals surface area contributed by atoms with Gasteiger partial charge in [0.15, 0.2) is 0 Å². The lowest BCUT2D eigenvalue weighted by Crippen LogP contribution is -2.35. The maximum atomic E-state index is 12.6. The maximum Gasteiger partial charge on any atom is 0.348 e. The zero-order valence-corrected chi connectivity index (χ0v) is 13.9. The second-order valence-corrected chi connectivity index (χ2v) is 5.85. The Morgan fingerprint density at radius 3 is 2.77 bits per heavy atom. The molecular weight excluding hydrogens is 338 g/mol. The first-order valence-corrected chi connectivity index (χ1v) is 8.18. The molecule has 2 atom stereocenters. The molecule has 0 unspecified atom stereocenters. The van der Waals surface area contributed by atoms with Crippen LogP contribution in [-0.2, 0) is 9.53 Å². The van der Waals surface area contributed by atoms with Crippen LogP contribution in [0.2, 0.25) is 0 Å². The van der Waals surface area contributed by atoms with Crippen LogP contribution in [0.1, 0.15) is 24.0 Å². The number of hydrogen-bond acceptors (Lipinski definition) is 6. The summed E-state index contributed by atoms with van der Waals surface area (Å²) >= 11 is 0. The first kappa shape index (κ1) is 16.1. The van der Waals surface area contributed by atoms with Crippen molar-refractivity contribution in [1.29, 1.82) is 0 Å². The van der Waals surface area contributed by atoms with Crippen LogP contribution in [-0.4, -0.2) is 23.7 Å². The summed E-state index contributed by atoms with van der Waals surface area (Å²) in [5.74, 6) is -1.29. The molecule has 0 bridgehead atoms. The summed E-state index contributed by atoms with van der Waals surface area (Å²) in [4.78, 5) is 40.0. The van der Waals surface area contributed by atoms with Crippen molar-refractivity contribution in [2.24, 2.45) is 0 Å². The van der Waals surface area contributed by atoms with E-state index in [9.17, 15) is 14.4 Å². The van der Waals surface area contributed by atoms with E-state index in [1.165, 1.54) is 6.20 Å². The van der Waals surface area contributed by atoms with Crippen LogP contribution < -0.4 is 15.9 Å². The van der Waals surface area contributed by atoms with Gasteiger partial charge in [-0.15, -0.1) is 0 Å². The third-order valence-corrected chi connectivity index (χ3v) is 4.36. The molecule has 3 aromatic rings. The predicted molar refractivity (Wildman–Crippen MR) is 92.4 cm³/mol. The van der Waals surface area contributed by atoms with Gasteiger partial charge < -0.3 is 18.9 Å². The third-order valence-electron chi connectivity index (χ3n) is 4.36. The number of benzene rings is 1. The molecule has 4 rings (SSSR count). The second-order valence-electron chi connectivity index (χ2n) is 5.85. The SMILES string of the molecule is CCOC(=O)[C@@H]1Oc2c(c(=O)oc3ccccc23)[C@@H]1c1ccc[nH]c1=O. The van der Waals surface area contributed by atoms with Crippen LogP contribution in [0.3, 0.4) is 0 Å². The van der Waals surface area contributed by atoms with Crippen LogP contribution in [0.25, 0.3) is 11.0 Å². The van der Waals surface area contributed by atoms with Crippen molar-refractivity contribution in [1.82, 2.24) is 4.98 Å². The summed E-state index contributed by atoms with van der Waals surface area (Å²) in [5, 5.41) is 0.561. The molecule has 7 nitrogen and oxygen atoms in total. The number of hydrogen-bond donors (Lipinski definition) is 1. The second kappa shape index (κ2) is 6.18. The smallest absolute Gasteiger partial charge is 0.348 e. The summed E-state index contributed by atoms with van der Waals surface area (Å²) in [6.07, 6.45) is 0.340. The molecule has 132 valence electrons. The Morgan fingerprint density at radius 1 is 1.19 bits per heavy atom. The highest BCUT2D eigenvalue weighted by Gasteiger charge is 2.46. The fraction of sp³-hybridized carbons (Fsp3) is 0.211. The van der Waals surface area contributed by atoms with Gasteiger partial charge in [0.05, 0.1) is 23.5 Å². The largest absolute Gasteiger partial charge is 0.476 e. The molecule has 3 heterocycles. The molecule has 0 fully saturated rings. The van der Waals surface area contributed by atoms with E-state index in [1.807, 2.05) is 0 Å². The molecule has 0 radical (unpaired) electrons. The molecule has 1 aliphatic rings. The molecule has 0 spiro atoms. The summed E-state index contributed by atoms with van der Waals surface area (Å²) in [6, 6.07) is 10.1. The van der Waals surface area contributed by atoms with Gasteiger partial charge in [0.25, 0.3) is 5.56 Å². The van der Waals surface area contributed by atoms with Gasteiger partial charge in [-0.2, -0.15) is 0 Å². The molecule has 7 heteroatoms. The van der Waals surface area contributed by atoms with E-state index in [4.69, 9.17) is 13.9 Å². The highest BCUT2D eigenvalue weighted by atomic mass is 16.6. The molecule has 0 saturated carbocycles. The van der Waals surface area contributed by atoms with Gasteiger partial charge in [0.2, 0.25) is 6.10 Å². The summed E-state index contributed by atoms with van der Waals surface area (Å²) in [6.45, 7) is 1.83. The van der Waals surface area contributed by atoms with E-state index in [0.717, 1.165) is 0 Å². The van der Waals surface area contributed by atoms with E-state index in [-0.39, 0.29) is 23.5 Å². The maximum absolute atomic E-state index is 12.6. The summed E-state index contributed by atoms with van der Waals surface area (Å²) in [5.41, 5.74) is -0.304. The number of esters is 1. The van der Waals surface area contributed by atoms with Gasteiger partial charge in [-0.05, 0) is 25.1 Å². The lowest BCUT2D eigenvalue weighted by Gasteiger charge is -2.16. The quantitative estimate of drug-likeness (QED) is 0.571. The molecule has 0 aliphatic carbocycles. The fourth-order valence-corrected chi connectivity index (χ4v) is 3.28. The van der Waals surface area contributed by atoms with Crippen molar-refractivity contribution >= 4 is 16.9 Å². The van der Waals surface area contributed by atoms with Gasteiger partial charge in [-0.3, -0.25) is 4.79 Å². The standard InChI is InChI=1S/C19H15NO6/c1-2-24-19(23)16-13(11-7-5-9-20-17(11)21)14-15(26-16)10-6-3-4-8-12(10)25-18(14)22/h3-9,13,16H,2H2,1H3,(H,20,21)/t13-,16+/m0/s1. The minimum absolute atomic E-state index is 0.151. The zero-order chi connectivity index (χ0) is 18.3. The Balaban J connectivity index is 2.00. The number of pyridine rings is 1. The number of H-pyrrole nitrogens is 1. The highest BCUT2D eigenvalue weighted by molar-refractivity contribution is 5.88. The number of nitrogens with one attached hydrogen (secondary N) is 1. The van der Waals surface area contributed by atoms with E-state index in [2.05, 4.69) is 4.98 Å². The average molecular weight is 353 g/mol. The molecule has 0 saturated heterocycles. The number of rotatable bonds is 3. The monoisotopic (exact) mass is 353 g/mol. The van der Waals surface area contributed by atoms with Crippen molar-refractivity contribution in [3.63, 3.8) is 0 Å². The predicted octanol–water partition coefficient (Wildman–Crippen LogP) is 1.94. The van der Waals surface area contributed by atoms with Crippen molar-refractivity contribution in [3.8, 4) is 5.75 Å². The van der Waals surface area contributed by atoms with Crippen LogP contribution >= 0.6 is 0 Å². The first-order chi connectivity index (χ1) is 12.6. The third kappa shape index (κ3) is 2.40. The van der Waals surface area contributed by atoms with E-state index >= 15 is 0 Å². The number of carbonyl (C=O) groups is 1. The summed E-state index contributed by atoms with van der Waals surface area (Å²) in [7, 11) is 0. The normalized spacial score (nSPS) is 18.3. The number of carbonyl (C=O) groups excluding carboxylic acids is 1. The fourth-order valence-electron chi connectivity index (χ4n) is 3.28. The first-order valence-electron chi connectivity index (χ1n) is 8.18. The van der Waals surface area contributed by atoms with Crippen LogP contribution in [0.15, 0.2) is 56.6 Å². The Hall–Kier alpha value is -3.35.